The van der Waals surface area contributed by atoms with Crippen molar-refractivity contribution in [3.05, 3.63) is 39.7 Å². The van der Waals surface area contributed by atoms with E-state index in [-0.39, 0.29) is 11.7 Å². The second-order valence-electron chi connectivity index (χ2n) is 4.24. The summed E-state index contributed by atoms with van der Waals surface area (Å²) >= 11 is 7.33. The zero-order valence-corrected chi connectivity index (χ0v) is 12.8. The third-order valence-corrected chi connectivity index (χ3v) is 4.22. The molecule has 106 valence electrons. The molecule has 20 heavy (non-hydrogen) atoms. The number of amides is 1. The van der Waals surface area contributed by atoms with Crippen molar-refractivity contribution < 1.29 is 4.79 Å². The first-order valence-electron chi connectivity index (χ1n) is 5.96. The fourth-order valence-corrected chi connectivity index (χ4v) is 2.75. The molecule has 0 saturated carbocycles. The number of rotatable bonds is 4. The van der Waals surface area contributed by atoms with E-state index < -0.39 is 0 Å². The molecule has 0 atom stereocenters. The zero-order valence-electron chi connectivity index (χ0n) is 11.2. The molecule has 0 aliphatic rings. The third-order valence-electron chi connectivity index (χ3n) is 2.77. The normalized spacial score (nSPS) is 10.3. The van der Waals surface area contributed by atoms with Gasteiger partial charge in [0.2, 0.25) is 0 Å². The van der Waals surface area contributed by atoms with Gasteiger partial charge in [-0.25, -0.2) is 4.98 Å². The number of thiazole rings is 1. The molecule has 1 heterocycles. The van der Waals surface area contributed by atoms with Crippen LogP contribution in [-0.2, 0) is 6.54 Å². The number of nitrogen functional groups attached to an aromatic ring is 1. The van der Waals surface area contributed by atoms with Crippen LogP contribution in [0.5, 0.6) is 0 Å². The summed E-state index contributed by atoms with van der Waals surface area (Å²) in [5, 5.41) is 4.14. The van der Waals surface area contributed by atoms with Gasteiger partial charge in [-0.3, -0.25) is 4.79 Å². The molecule has 1 amide bonds. The summed E-state index contributed by atoms with van der Waals surface area (Å²) in [6, 6.07) is 7.43. The number of nitrogens with zero attached hydrogens (tertiary/aromatic N) is 2. The van der Waals surface area contributed by atoms with Crippen molar-refractivity contribution in [1.29, 1.82) is 0 Å². The Hall–Kier alpha value is -1.79. The van der Waals surface area contributed by atoms with Crippen molar-refractivity contribution in [3.63, 3.8) is 0 Å². The van der Waals surface area contributed by atoms with Crippen molar-refractivity contribution in [3.8, 4) is 0 Å². The molecule has 0 radical (unpaired) electrons. The molecule has 0 fully saturated rings. The van der Waals surface area contributed by atoms with E-state index in [9.17, 15) is 4.79 Å². The maximum absolute atomic E-state index is 12.4. The highest BCUT2D eigenvalue weighted by molar-refractivity contribution is 7.18. The highest BCUT2D eigenvalue weighted by Gasteiger charge is 2.20. The van der Waals surface area contributed by atoms with Gasteiger partial charge in [0.05, 0.1) is 0 Å². The molecule has 2 aromatic rings. The van der Waals surface area contributed by atoms with Crippen molar-refractivity contribution in [2.24, 2.45) is 0 Å². The first kappa shape index (κ1) is 14.6. The highest BCUT2D eigenvalue weighted by atomic mass is 35.5. The number of carbonyl (C=O) groups excluding carboxylic acids is 1. The number of halogens is 1. The van der Waals surface area contributed by atoms with Gasteiger partial charge in [-0.05, 0) is 11.6 Å². The van der Waals surface area contributed by atoms with Crippen LogP contribution in [0.15, 0.2) is 24.3 Å². The molecule has 1 aromatic heterocycles. The lowest BCUT2D eigenvalue weighted by atomic mass is 10.2. The quantitative estimate of drug-likeness (QED) is 0.911. The highest BCUT2D eigenvalue weighted by Crippen LogP contribution is 2.26. The van der Waals surface area contributed by atoms with Gasteiger partial charge in [0.15, 0.2) is 5.13 Å². The molecule has 0 spiro atoms. The maximum atomic E-state index is 12.4. The fourth-order valence-electron chi connectivity index (χ4n) is 1.72. The fraction of sp³-hybridized carbons (Fsp3) is 0.231. The smallest absolute Gasteiger partial charge is 0.267 e. The summed E-state index contributed by atoms with van der Waals surface area (Å²) in [5.74, 6) is 0.0804. The Kier molecular flexibility index (Phi) is 4.46. The Bertz CT molecular complexity index is 629. The topological polar surface area (TPSA) is 71.2 Å². The number of benzene rings is 1. The predicted molar refractivity (Wildman–Crippen MR) is 83.3 cm³/mol. The van der Waals surface area contributed by atoms with Gasteiger partial charge in [0.1, 0.15) is 10.7 Å². The van der Waals surface area contributed by atoms with Crippen LogP contribution in [0.2, 0.25) is 5.02 Å². The maximum Gasteiger partial charge on any atom is 0.267 e. The van der Waals surface area contributed by atoms with Crippen LogP contribution in [0, 0.1) is 0 Å². The molecule has 0 unspecified atom stereocenters. The lowest BCUT2D eigenvalue weighted by Crippen LogP contribution is -2.26. The van der Waals surface area contributed by atoms with Crippen LogP contribution >= 0.6 is 22.9 Å². The van der Waals surface area contributed by atoms with Gasteiger partial charge in [0.25, 0.3) is 5.91 Å². The number of carbonyl (C=O) groups is 1. The van der Waals surface area contributed by atoms with E-state index in [4.69, 9.17) is 17.3 Å². The minimum atomic E-state index is -0.165. The SMILES string of the molecule is CNc1nc(N)c(C(=O)N(C)Cc2ccccc2Cl)s1. The molecule has 0 bridgehead atoms. The Morgan fingerprint density at radius 2 is 2.20 bits per heavy atom. The first-order valence-corrected chi connectivity index (χ1v) is 7.15. The Morgan fingerprint density at radius 3 is 2.80 bits per heavy atom. The molecule has 3 N–H and O–H groups in total. The first-order chi connectivity index (χ1) is 9.52. The summed E-state index contributed by atoms with van der Waals surface area (Å²) < 4.78 is 0. The number of anilines is 2. The Labute approximate surface area is 126 Å². The molecule has 0 saturated heterocycles. The average molecular weight is 311 g/mol. The van der Waals surface area contributed by atoms with Crippen LogP contribution in [-0.4, -0.2) is 29.9 Å². The second kappa shape index (κ2) is 6.11. The third kappa shape index (κ3) is 3.02. The Morgan fingerprint density at radius 1 is 1.50 bits per heavy atom. The van der Waals surface area contributed by atoms with Crippen molar-refractivity contribution >= 4 is 39.8 Å². The number of nitrogens with two attached hydrogens (primary N) is 1. The minimum absolute atomic E-state index is 0.165. The van der Waals surface area contributed by atoms with Crippen LogP contribution in [0.25, 0.3) is 0 Å². The van der Waals surface area contributed by atoms with Crippen LogP contribution in [0.4, 0.5) is 10.9 Å². The van der Waals surface area contributed by atoms with Crippen molar-refractivity contribution in [2.45, 2.75) is 6.54 Å². The van der Waals surface area contributed by atoms with Gasteiger partial charge in [-0.1, -0.05) is 41.1 Å². The van der Waals surface area contributed by atoms with Gasteiger partial charge in [0, 0.05) is 25.7 Å². The average Bonchev–Trinajstić information content (AvgIpc) is 2.81. The van der Waals surface area contributed by atoms with E-state index in [0.29, 0.717) is 21.6 Å². The van der Waals surface area contributed by atoms with E-state index in [0.717, 1.165) is 5.56 Å². The largest absolute Gasteiger partial charge is 0.382 e. The molecule has 5 nitrogen and oxygen atoms in total. The lowest BCUT2D eigenvalue weighted by molar-refractivity contribution is 0.0790. The van der Waals surface area contributed by atoms with Crippen LogP contribution < -0.4 is 11.1 Å². The van der Waals surface area contributed by atoms with E-state index in [1.807, 2.05) is 18.2 Å². The van der Waals surface area contributed by atoms with Crippen LogP contribution in [0.3, 0.4) is 0 Å². The number of hydrogen-bond acceptors (Lipinski definition) is 5. The molecular weight excluding hydrogens is 296 g/mol. The molecule has 0 aliphatic heterocycles. The lowest BCUT2D eigenvalue weighted by Gasteiger charge is -2.17. The van der Waals surface area contributed by atoms with E-state index in [2.05, 4.69) is 10.3 Å². The van der Waals surface area contributed by atoms with E-state index in [1.54, 1.807) is 25.1 Å². The molecule has 0 aliphatic carbocycles. The standard InChI is InChI=1S/C13H15ClN4OS/c1-16-13-17-11(15)10(20-13)12(19)18(2)7-8-5-3-4-6-9(8)14/h3-6H,7,15H2,1-2H3,(H,16,17). The minimum Gasteiger partial charge on any atom is -0.382 e. The summed E-state index contributed by atoms with van der Waals surface area (Å²) in [5.41, 5.74) is 6.66. The number of hydrogen-bond donors (Lipinski definition) is 2. The predicted octanol–water partition coefficient (Wildman–Crippen LogP) is 2.69. The summed E-state index contributed by atoms with van der Waals surface area (Å²) in [6.07, 6.45) is 0. The summed E-state index contributed by atoms with van der Waals surface area (Å²) in [4.78, 5) is 18.4. The zero-order chi connectivity index (χ0) is 14.7. The molecular formula is C13H15ClN4OS. The molecule has 7 heteroatoms. The van der Waals surface area contributed by atoms with Gasteiger partial charge >= 0.3 is 0 Å². The van der Waals surface area contributed by atoms with Gasteiger partial charge in [-0.15, -0.1) is 0 Å². The van der Waals surface area contributed by atoms with Gasteiger partial charge in [-0.2, -0.15) is 0 Å². The second-order valence-corrected chi connectivity index (χ2v) is 5.64. The Balaban J connectivity index is 2.16. The molecule has 2 rings (SSSR count). The van der Waals surface area contributed by atoms with E-state index in [1.165, 1.54) is 11.3 Å². The van der Waals surface area contributed by atoms with Gasteiger partial charge < -0.3 is 16.0 Å². The summed E-state index contributed by atoms with van der Waals surface area (Å²) in [7, 11) is 3.45. The van der Waals surface area contributed by atoms with E-state index >= 15 is 0 Å². The number of nitrogens with one attached hydrogen (secondary N) is 1. The monoisotopic (exact) mass is 310 g/mol. The molecule has 1 aromatic carbocycles. The van der Waals surface area contributed by atoms with Crippen LogP contribution in [0.1, 0.15) is 15.2 Å². The van der Waals surface area contributed by atoms with Crippen molar-refractivity contribution in [1.82, 2.24) is 9.88 Å². The van der Waals surface area contributed by atoms with Crippen molar-refractivity contribution in [2.75, 3.05) is 25.1 Å². The number of aromatic nitrogens is 1. The summed E-state index contributed by atoms with van der Waals surface area (Å²) in [6.45, 7) is 0.421.